The summed E-state index contributed by atoms with van der Waals surface area (Å²) in [5, 5.41) is 16.4. The highest BCUT2D eigenvalue weighted by atomic mass is 16.5. The molecule has 1 aliphatic carbocycles. The quantitative estimate of drug-likeness (QED) is 0.372. The highest BCUT2D eigenvalue weighted by Gasteiger charge is 2.20. The molecule has 0 saturated heterocycles. The number of ether oxygens (including phenoxy) is 1. The molecule has 2 N–H and O–H groups in total. The van der Waals surface area contributed by atoms with Gasteiger partial charge in [-0.15, -0.1) is 0 Å². The maximum atomic E-state index is 12.7. The van der Waals surface area contributed by atoms with Gasteiger partial charge in [0.2, 0.25) is 0 Å². The number of carbonyl (C=O) groups is 2. The van der Waals surface area contributed by atoms with Gasteiger partial charge < -0.3 is 15.2 Å². The van der Waals surface area contributed by atoms with Crippen molar-refractivity contribution in [3.63, 3.8) is 0 Å². The van der Waals surface area contributed by atoms with Crippen LogP contribution in [0.3, 0.4) is 0 Å². The predicted octanol–water partition coefficient (Wildman–Crippen LogP) is 3.97. The van der Waals surface area contributed by atoms with Crippen LogP contribution in [-0.4, -0.2) is 51.0 Å². The normalized spacial score (nSPS) is 13.7. The number of carboxylic acids is 1. The van der Waals surface area contributed by atoms with Crippen LogP contribution in [0.25, 0.3) is 11.1 Å². The molecule has 1 aromatic carbocycles. The van der Waals surface area contributed by atoms with E-state index in [0.717, 1.165) is 42.5 Å². The number of nitrogens with zero attached hydrogens (tertiary/aromatic N) is 3. The number of benzene rings is 1. The summed E-state index contributed by atoms with van der Waals surface area (Å²) >= 11 is 0. The Labute approximate surface area is 211 Å². The number of aliphatic carboxylic acids is 1. The number of fused-ring (bicyclic) bond motifs is 1. The third kappa shape index (κ3) is 7.01. The molecular weight excluding hydrogens is 456 g/mol. The molecular formula is C28H34N4O4. The van der Waals surface area contributed by atoms with E-state index in [1.807, 2.05) is 19.3 Å². The summed E-state index contributed by atoms with van der Waals surface area (Å²) in [5.41, 5.74) is 5.91. The van der Waals surface area contributed by atoms with Gasteiger partial charge in [-0.05, 0) is 80.7 Å². The van der Waals surface area contributed by atoms with Crippen molar-refractivity contribution in [3.8, 4) is 11.1 Å². The van der Waals surface area contributed by atoms with Crippen molar-refractivity contribution in [1.82, 2.24) is 20.1 Å². The SMILES string of the molecule is Cn1cc(-c2cccc(C(=O)N[C@@H](CCCOCCCc3ccc4c(n3)CCCC4)C(=O)O)c2)cn1. The summed E-state index contributed by atoms with van der Waals surface area (Å²) in [7, 11) is 1.83. The van der Waals surface area contributed by atoms with Crippen molar-refractivity contribution in [2.75, 3.05) is 13.2 Å². The number of carboxylic acid groups (broad SMARTS) is 1. The summed E-state index contributed by atoms with van der Waals surface area (Å²) < 4.78 is 7.40. The molecule has 0 spiro atoms. The molecule has 0 saturated carbocycles. The van der Waals surface area contributed by atoms with E-state index in [4.69, 9.17) is 9.72 Å². The highest BCUT2D eigenvalue weighted by Crippen LogP contribution is 2.21. The Balaban J connectivity index is 1.18. The summed E-state index contributed by atoms with van der Waals surface area (Å²) in [5.74, 6) is -1.46. The maximum Gasteiger partial charge on any atom is 0.326 e. The van der Waals surface area contributed by atoms with Crippen LogP contribution in [0, 0.1) is 0 Å². The van der Waals surface area contributed by atoms with E-state index in [9.17, 15) is 14.7 Å². The minimum atomic E-state index is -1.05. The molecule has 36 heavy (non-hydrogen) atoms. The third-order valence-corrected chi connectivity index (χ3v) is 6.51. The van der Waals surface area contributed by atoms with Gasteiger partial charge in [-0.2, -0.15) is 5.10 Å². The number of hydrogen-bond donors (Lipinski definition) is 2. The molecule has 0 radical (unpaired) electrons. The van der Waals surface area contributed by atoms with Crippen molar-refractivity contribution in [1.29, 1.82) is 0 Å². The van der Waals surface area contributed by atoms with Gasteiger partial charge in [0.15, 0.2) is 0 Å². The molecule has 0 bridgehead atoms. The molecule has 0 fully saturated rings. The molecule has 0 unspecified atom stereocenters. The first-order chi connectivity index (χ1) is 17.5. The van der Waals surface area contributed by atoms with E-state index in [0.29, 0.717) is 31.6 Å². The van der Waals surface area contributed by atoms with Crippen LogP contribution in [-0.2, 0) is 35.8 Å². The molecule has 2 aromatic heterocycles. The van der Waals surface area contributed by atoms with Crippen LogP contribution >= 0.6 is 0 Å². The van der Waals surface area contributed by atoms with Crippen molar-refractivity contribution in [3.05, 3.63) is 71.3 Å². The standard InChI is InChI=1S/C28H34N4O4/c1-32-19-23(18-29-32)21-8-4-9-22(17-21)27(33)31-26(28(34)35)12-6-16-36-15-5-10-24-14-13-20-7-2-3-11-25(20)30-24/h4,8-9,13-14,17-19,26H,2-3,5-7,10-12,15-16H2,1H3,(H,31,33)(H,34,35)/t26-/m0/s1. The second-order valence-electron chi connectivity index (χ2n) is 9.32. The highest BCUT2D eigenvalue weighted by molar-refractivity contribution is 5.97. The number of aromatic nitrogens is 3. The van der Waals surface area contributed by atoms with E-state index in [2.05, 4.69) is 22.5 Å². The minimum absolute atomic E-state index is 0.301. The van der Waals surface area contributed by atoms with Crippen LogP contribution in [0.5, 0.6) is 0 Å². The molecule has 2 heterocycles. The number of nitrogens with one attached hydrogen (secondary N) is 1. The van der Waals surface area contributed by atoms with E-state index in [-0.39, 0.29) is 0 Å². The molecule has 1 amide bonds. The van der Waals surface area contributed by atoms with E-state index in [1.165, 1.54) is 24.1 Å². The Kier molecular flexibility index (Phi) is 8.84. The summed E-state index contributed by atoms with van der Waals surface area (Å²) in [6.07, 6.45) is 10.9. The first kappa shape index (κ1) is 25.6. The van der Waals surface area contributed by atoms with Gasteiger partial charge >= 0.3 is 5.97 Å². The van der Waals surface area contributed by atoms with Crippen molar-refractivity contribution in [2.45, 2.75) is 57.4 Å². The largest absolute Gasteiger partial charge is 0.480 e. The van der Waals surface area contributed by atoms with Gasteiger partial charge in [0.25, 0.3) is 5.91 Å². The zero-order valence-corrected chi connectivity index (χ0v) is 20.8. The lowest BCUT2D eigenvalue weighted by molar-refractivity contribution is -0.139. The number of carbonyl (C=O) groups excluding carboxylic acids is 1. The first-order valence-corrected chi connectivity index (χ1v) is 12.7. The van der Waals surface area contributed by atoms with Crippen LogP contribution in [0.15, 0.2) is 48.8 Å². The van der Waals surface area contributed by atoms with Crippen molar-refractivity contribution < 1.29 is 19.4 Å². The second kappa shape index (κ2) is 12.4. The van der Waals surface area contributed by atoms with Crippen LogP contribution in [0.4, 0.5) is 0 Å². The van der Waals surface area contributed by atoms with Crippen LogP contribution in [0.2, 0.25) is 0 Å². The fourth-order valence-electron chi connectivity index (χ4n) is 4.52. The molecule has 0 aliphatic heterocycles. The zero-order valence-electron chi connectivity index (χ0n) is 20.8. The Bertz CT molecular complexity index is 1190. The fourth-order valence-corrected chi connectivity index (χ4v) is 4.52. The summed E-state index contributed by atoms with van der Waals surface area (Å²) in [4.78, 5) is 29.2. The number of pyridine rings is 1. The topological polar surface area (TPSA) is 106 Å². The van der Waals surface area contributed by atoms with E-state index < -0.39 is 17.9 Å². The third-order valence-electron chi connectivity index (χ3n) is 6.51. The Hall–Kier alpha value is -3.52. The van der Waals surface area contributed by atoms with Gasteiger partial charge in [-0.25, -0.2) is 4.79 Å². The lowest BCUT2D eigenvalue weighted by atomic mass is 9.95. The van der Waals surface area contributed by atoms with E-state index in [1.54, 1.807) is 29.1 Å². The summed E-state index contributed by atoms with van der Waals surface area (Å²) in [6, 6.07) is 10.5. The van der Waals surface area contributed by atoms with Gasteiger partial charge in [-0.1, -0.05) is 18.2 Å². The number of hydrogen-bond acceptors (Lipinski definition) is 5. The van der Waals surface area contributed by atoms with Crippen LogP contribution in [0.1, 0.15) is 59.4 Å². The van der Waals surface area contributed by atoms with Gasteiger partial charge in [0, 0.05) is 49.0 Å². The molecule has 8 heteroatoms. The molecule has 8 nitrogen and oxygen atoms in total. The Morgan fingerprint density at radius 1 is 1.11 bits per heavy atom. The number of aryl methyl sites for hydroxylation is 4. The Morgan fingerprint density at radius 2 is 1.94 bits per heavy atom. The molecule has 1 atom stereocenters. The lowest BCUT2D eigenvalue weighted by Crippen LogP contribution is -2.40. The average molecular weight is 491 g/mol. The second-order valence-corrected chi connectivity index (χ2v) is 9.32. The first-order valence-electron chi connectivity index (χ1n) is 12.7. The smallest absolute Gasteiger partial charge is 0.326 e. The minimum Gasteiger partial charge on any atom is -0.480 e. The monoisotopic (exact) mass is 490 g/mol. The fraction of sp³-hybridized carbons (Fsp3) is 0.429. The van der Waals surface area contributed by atoms with Gasteiger partial charge in [-0.3, -0.25) is 14.5 Å². The lowest BCUT2D eigenvalue weighted by Gasteiger charge is -2.16. The molecule has 190 valence electrons. The van der Waals surface area contributed by atoms with Gasteiger partial charge in [0.1, 0.15) is 6.04 Å². The number of amides is 1. The zero-order chi connectivity index (χ0) is 25.3. The average Bonchev–Trinajstić information content (AvgIpc) is 3.33. The van der Waals surface area contributed by atoms with E-state index >= 15 is 0 Å². The van der Waals surface area contributed by atoms with Gasteiger partial charge in [0.05, 0.1) is 6.20 Å². The number of rotatable bonds is 12. The Morgan fingerprint density at radius 3 is 2.75 bits per heavy atom. The molecule has 1 aliphatic rings. The van der Waals surface area contributed by atoms with Crippen molar-refractivity contribution >= 4 is 11.9 Å². The predicted molar refractivity (Wildman–Crippen MR) is 137 cm³/mol. The summed E-state index contributed by atoms with van der Waals surface area (Å²) in [6.45, 7) is 1.05. The van der Waals surface area contributed by atoms with Crippen LogP contribution < -0.4 is 5.32 Å². The molecule has 4 rings (SSSR count). The molecule has 3 aromatic rings. The van der Waals surface area contributed by atoms with Crippen molar-refractivity contribution in [2.24, 2.45) is 7.05 Å². The maximum absolute atomic E-state index is 12.7.